The smallest absolute Gasteiger partial charge is 0.139 e. The first-order chi connectivity index (χ1) is 8.08. The van der Waals surface area contributed by atoms with Crippen molar-refractivity contribution in [1.82, 2.24) is 4.98 Å². The molecule has 2 nitrogen and oxygen atoms in total. The molecule has 0 radical (unpaired) electrons. The Morgan fingerprint density at radius 1 is 1.41 bits per heavy atom. The number of nitrogens with zero attached hydrogens (tertiary/aromatic N) is 1. The summed E-state index contributed by atoms with van der Waals surface area (Å²) in [7, 11) is 1.87. The van der Waals surface area contributed by atoms with E-state index in [9.17, 15) is 4.39 Å². The fourth-order valence-corrected chi connectivity index (χ4v) is 2.41. The van der Waals surface area contributed by atoms with E-state index in [1.807, 2.05) is 14.0 Å². The fourth-order valence-electron chi connectivity index (χ4n) is 2.07. The third-order valence-corrected chi connectivity index (χ3v) is 3.56. The summed E-state index contributed by atoms with van der Waals surface area (Å²) in [5.74, 6) is -0.280. The van der Waals surface area contributed by atoms with Gasteiger partial charge >= 0.3 is 0 Å². The molecule has 0 aliphatic rings. The lowest BCUT2D eigenvalue weighted by Crippen LogP contribution is -2.01. The Morgan fingerprint density at radius 2 is 2.12 bits per heavy atom. The van der Waals surface area contributed by atoms with E-state index in [-0.39, 0.29) is 5.82 Å². The lowest BCUT2D eigenvalue weighted by molar-refractivity contribution is 0.622. The summed E-state index contributed by atoms with van der Waals surface area (Å²) in [5.41, 5.74) is 3.84. The maximum absolute atomic E-state index is 13.5. The van der Waals surface area contributed by atoms with Crippen LogP contribution in [0, 0.1) is 12.7 Å². The highest BCUT2D eigenvalue weighted by molar-refractivity contribution is 9.10. The summed E-state index contributed by atoms with van der Waals surface area (Å²) in [4.78, 5) is 4.50. The number of aromatic nitrogens is 1. The van der Waals surface area contributed by atoms with Gasteiger partial charge < -0.3 is 5.32 Å². The Bertz CT molecular complexity index is 581. The highest BCUT2D eigenvalue weighted by Gasteiger charge is 2.12. The summed E-state index contributed by atoms with van der Waals surface area (Å²) in [6.07, 6.45) is 0.841. The Hall–Kier alpha value is -1.16. The van der Waals surface area contributed by atoms with Gasteiger partial charge in [-0.25, -0.2) is 4.39 Å². The van der Waals surface area contributed by atoms with Crippen molar-refractivity contribution in [2.45, 2.75) is 20.3 Å². The predicted molar refractivity (Wildman–Crippen MR) is 73.1 cm³/mol. The molecule has 0 spiro atoms. The van der Waals surface area contributed by atoms with Gasteiger partial charge in [-0.2, -0.15) is 0 Å². The molecule has 4 heteroatoms. The van der Waals surface area contributed by atoms with Crippen LogP contribution in [0.25, 0.3) is 10.9 Å². The van der Waals surface area contributed by atoms with Crippen LogP contribution in [0.3, 0.4) is 0 Å². The second kappa shape index (κ2) is 4.61. The molecule has 1 N–H and O–H groups in total. The SMILES string of the molecule is CCc1nc2cc(F)c(Br)cc2c(NC)c1C. The van der Waals surface area contributed by atoms with E-state index in [1.54, 1.807) is 6.07 Å². The molecule has 0 bridgehead atoms. The number of hydrogen-bond donors (Lipinski definition) is 1. The fraction of sp³-hybridized carbons (Fsp3) is 0.308. The van der Waals surface area contributed by atoms with E-state index in [0.717, 1.165) is 28.8 Å². The van der Waals surface area contributed by atoms with Crippen molar-refractivity contribution in [3.8, 4) is 0 Å². The zero-order chi connectivity index (χ0) is 12.6. The van der Waals surface area contributed by atoms with Crippen LogP contribution in [0.4, 0.5) is 10.1 Å². The van der Waals surface area contributed by atoms with Gasteiger partial charge in [-0.05, 0) is 40.9 Å². The van der Waals surface area contributed by atoms with Crippen LogP contribution in [-0.2, 0) is 6.42 Å². The zero-order valence-electron chi connectivity index (χ0n) is 10.1. The van der Waals surface area contributed by atoms with Gasteiger partial charge in [0.25, 0.3) is 0 Å². The quantitative estimate of drug-likeness (QED) is 0.904. The van der Waals surface area contributed by atoms with Gasteiger partial charge in [0.05, 0.1) is 9.99 Å². The van der Waals surface area contributed by atoms with Gasteiger partial charge in [-0.3, -0.25) is 4.98 Å². The molecule has 0 unspecified atom stereocenters. The highest BCUT2D eigenvalue weighted by atomic mass is 79.9. The van der Waals surface area contributed by atoms with Crippen LogP contribution in [0.15, 0.2) is 16.6 Å². The number of benzene rings is 1. The second-order valence-corrected chi connectivity index (χ2v) is 4.80. The molecule has 0 aliphatic heterocycles. The average Bonchev–Trinajstić information content (AvgIpc) is 2.31. The monoisotopic (exact) mass is 296 g/mol. The Morgan fingerprint density at radius 3 is 2.71 bits per heavy atom. The van der Waals surface area contributed by atoms with Crippen molar-refractivity contribution in [3.63, 3.8) is 0 Å². The largest absolute Gasteiger partial charge is 0.387 e. The van der Waals surface area contributed by atoms with Gasteiger partial charge in [0.1, 0.15) is 5.82 Å². The molecular formula is C13H14BrFN2. The molecule has 1 aromatic heterocycles. The Kier molecular flexibility index (Phi) is 3.33. The lowest BCUT2D eigenvalue weighted by Gasteiger charge is -2.13. The first kappa shape index (κ1) is 12.3. The molecule has 0 saturated heterocycles. The third kappa shape index (κ3) is 2.02. The molecule has 0 saturated carbocycles. The summed E-state index contributed by atoms with van der Waals surface area (Å²) in [6.45, 7) is 4.09. The van der Waals surface area contributed by atoms with Crippen LogP contribution in [-0.4, -0.2) is 12.0 Å². The molecule has 0 amide bonds. The topological polar surface area (TPSA) is 24.9 Å². The van der Waals surface area contributed by atoms with Crippen molar-refractivity contribution < 1.29 is 4.39 Å². The summed E-state index contributed by atoms with van der Waals surface area (Å²) in [5, 5.41) is 4.12. The van der Waals surface area contributed by atoms with Crippen molar-refractivity contribution in [2.75, 3.05) is 12.4 Å². The minimum atomic E-state index is -0.280. The first-order valence-electron chi connectivity index (χ1n) is 5.54. The summed E-state index contributed by atoms with van der Waals surface area (Å²) >= 11 is 3.21. The van der Waals surface area contributed by atoms with Gasteiger partial charge in [0.15, 0.2) is 0 Å². The van der Waals surface area contributed by atoms with Gasteiger partial charge in [0.2, 0.25) is 0 Å². The van der Waals surface area contributed by atoms with E-state index < -0.39 is 0 Å². The molecule has 1 heterocycles. The van der Waals surface area contributed by atoms with E-state index in [0.29, 0.717) is 9.99 Å². The Labute approximate surface area is 108 Å². The van der Waals surface area contributed by atoms with Crippen molar-refractivity contribution in [3.05, 3.63) is 33.7 Å². The van der Waals surface area contributed by atoms with Gasteiger partial charge in [-0.1, -0.05) is 6.92 Å². The molecule has 17 heavy (non-hydrogen) atoms. The molecule has 90 valence electrons. The van der Waals surface area contributed by atoms with Gasteiger partial charge in [0, 0.05) is 29.9 Å². The maximum atomic E-state index is 13.5. The van der Waals surface area contributed by atoms with Crippen molar-refractivity contribution in [2.24, 2.45) is 0 Å². The van der Waals surface area contributed by atoms with E-state index in [2.05, 4.69) is 33.2 Å². The number of pyridine rings is 1. The van der Waals surface area contributed by atoms with E-state index in [1.165, 1.54) is 6.07 Å². The van der Waals surface area contributed by atoms with Crippen molar-refractivity contribution >= 4 is 32.5 Å². The number of hydrogen-bond acceptors (Lipinski definition) is 2. The summed E-state index contributed by atoms with van der Waals surface area (Å²) in [6, 6.07) is 3.24. The molecule has 0 atom stereocenters. The molecule has 1 aromatic carbocycles. The second-order valence-electron chi connectivity index (χ2n) is 3.95. The minimum Gasteiger partial charge on any atom is -0.387 e. The first-order valence-corrected chi connectivity index (χ1v) is 6.33. The highest BCUT2D eigenvalue weighted by Crippen LogP contribution is 2.31. The van der Waals surface area contributed by atoms with Gasteiger partial charge in [-0.15, -0.1) is 0 Å². The molecule has 0 aliphatic carbocycles. The molecule has 2 aromatic rings. The zero-order valence-corrected chi connectivity index (χ0v) is 11.7. The number of halogens is 2. The maximum Gasteiger partial charge on any atom is 0.139 e. The summed E-state index contributed by atoms with van der Waals surface area (Å²) < 4.78 is 14.0. The van der Waals surface area contributed by atoms with Crippen LogP contribution >= 0.6 is 15.9 Å². The van der Waals surface area contributed by atoms with Crippen LogP contribution < -0.4 is 5.32 Å². The standard InChI is InChI=1S/C13H14BrFN2/c1-4-11-7(2)13(16-3)8-5-9(14)10(15)6-12(8)17-11/h5-6H,4H2,1-3H3,(H,16,17). The Balaban J connectivity index is 2.88. The number of nitrogens with one attached hydrogen (secondary N) is 1. The molecule has 0 fully saturated rings. The third-order valence-electron chi connectivity index (χ3n) is 2.96. The predicted octanol–water partition coefficient (Wildman–Crippen LogP) is 4.05. The van der Waals surface area contributed by atoms with E-state index in [4.69, 9.17) is 0 Å². The number of fused-ring (bicyclic) bond motifs is 1. The van der Waals surface area contributed by atoms with Crippen LogP contribution in [0.1, 0.15) is 18.2 Å². The van der Waals surface area contributed by atoms with Crippen LogP contribution in [0.2, 0.25) is 0 Å². The number of anilines is 1. The number of rotatable bonds is 2. The van der Waals surface area contributed by atoms with Crippen LogP contribution in [0.5, 0.6) is 0 Å². The normalized spacial score (nSPS) is 10.9. The molecular weight excluding hydrogens is 283 g/mol. The molecule has 2 rings (SSSR count). The van der Waals surface area contributed by atoms with Crippen molar-refractivity contribution in [1.29, 1.82) is 0 Å². The van der Waals surface area contributed by atoms with E-state index >= 15 is 0 Å². The average molecular weight is 297 g/mol. The lowest BCUT2D eigenvalue weighted by atomic mass is 10.1. The number of aryl methyl sites for hydroxylation is 1. The minimum absolute atomic E-state index is 0.280.